The van der Waals surface area contributed by atoms with E-state index in [1.54, 1.807) is 0 Å². The average molecular weight is 680 g/mol. The number of carbonyl (C=O) groups is 1. The third kappa shape index (κ3) is 5.82. The molecule has 47 heavy (non-hydrogen) atoms. The van der Waals surface area contributed by atoms with E-state index >= 15 is 0 Å². The number of aromatic amines is 1. The predicted octanol–water partition coefficient (Wildman–Crippen LogP) is 6.84. The molecule has 12 nitrogen and oxygen atoms in total. The van der Waals surface area contributed by atoms with E-state index in [1.807, 2.05) is 40.7 Å². The summed E-state index contributed by atoms with van der Waals surface area (Å²) in [4.78, 5) is 41.9. The zero-order valence-corrected chi connectivity index (χ0v) is 28.5. The molecule has 248 valence electrons. The summed E-state index contributed by atoms with van der Waals surface area (Å²) < 4.78 is 29.3. The molecule has 6 rings (SSSR count). The summed E-state index contributed by atoms with van der Waals surface area (Å²) >= 11 is 1.53. The molecule has 1 atom stereocenters. The number of amides is 1. The second kappa shape index (κ2) is 11.8. The maximum atomic E-state index is 14.0. The van der Waals surface area contributed by atoms with E-state index in [0.717, 1.165) is 80.9 Å². The molecule has 0 saturated carbocycles. The minimum absolute atomic E-state index is 0.105. The van der Waals surface area contributed by atoms with Crippen LogP contribution in [0, 0.1) is 34.1 Å². The number of non-ortho nitro benzene ring substituents is 1. The number of sulfonamides is 1. The number of fused-ring (bicyclic) bond motifs is 3. The Hall–Kier alpha value is -4.14. The number of carbonyl (C=O) groups excluding carboxylic acids is 1. The first kappa shape index (κ1) is 32.8. The Morgan fingerprint density at radius 3 is 2.21 bits per heavy atom. The van der Waals surface area contributed by atoms with Gasteiger partial charge < -0.3 is 9.88 Å². The van der Waals surface area contributed by atoms with E-state index in [0.29, 0.717) is 18.2 Å². The smallest absolute Gasteiger partial charge is 0.296 e. The number of nitrogens with zero attached hydrogens (tertiary/aromatic N) is 3. The quantitative estimate of drug-likeness (QED) is 0.137. The lowest BCUT2D eigenvalue weighted by atomic mass is 9.88. The zero-order chi connectivity index (χ0) is 34.0. The van der Waals surface area contributed by atoms with Gasteiger partial charge in [0.2, 0.25) is 15.9 Å². The van der Waals surface area contributed by atoms with Gasteiger partial charge in [0.15, 0.2) is 4.90 Å². The van der Waals surface area contributed by atoms with Crippen molar-refractivity contribution in [1.29, 1.82) is 0 Å². The Bertz CT molecular complexity index is 2010. The number of nitro benzene ring substituents is 2. The monoisotopic (exact) mass is 679 g/mol. The Balaban J connectivity index is 1.37. The van der Waals surface area contributed by atoms with Gasteiger partial charge in [0.05, 0.1) is 27.0 Å². The number of benzene rings is 2. The molecule has 2 N–H and O–H groups in total. The summed E-state index contributed by atoms with van der Waals surface area (Å²) in [5.74, 6) is -0.282. The summed E-state index contributed by atoms with van der Waals surface area (Å²) in [6.07, 6.45) is 4.21. The maximum Gasteiger partial charge on any atom is 0.296 e. The Kier molecular flexibility index (Phi) is 8.25. The van der Waals surface area contributed by atoms with Crippen LogP contribution in [0.5, 0.6) is 0 Å². The standard InChI is InChI=1S/C33H37N5O7S2/c1-18-12-19(2)14-21(13-18)30-29(20(3)17-34-47(44,45)27-11-10-24(37(40)41)15-26(27)38(42)43)25-16-28(46-31(25)35-30)33(4,5)32(39)36-22-6-7-23(36)9-8-22/h10-16,20,22-23,34-35H,6-9,17H2,1-5H3/t20-,22?,23?/m1/s1. The number of thiophene rings is 1. The van der Waals surface area contributed by atoms with Crippen molar-refractivity contribution in [2.45, 2.75) is 88.6 Å². The zero-order valence-electron chi connectivity index (χ0n) is 26.8. The molecule has 0 radical (unpaired) electrons. The van der Waals surface area contributed by atoms with Crippen molar-refractivity contribution in [3.8, 4) is 11.3 Å². The number of nitrogens with one attached hydrogen (secondary N) is 2. The fourth-order valence-electron chi connectivity index (χ4n) is 7.24. The SMILES string of the molecule is Cc1cc(C)cc(-c2[nH]c3sc(C(C)(C)C(=O)N4C5CCC4CC5)cc3c2[C@H](C)CNS(=O)(=O)c2ccc([N+](=O)[O-])cc2[N+](=O)[O-])c1. The number of hydrogen-bond acceptors (Lipinski definition) is 8. The predicted molar refractivity (Wildman–Crippen MR) is 180 cm³/mol. The van der Waals surface area contributed by atoms with Crippen molar-refractivity contribution < 1.29 is 23.1 Å². The molecule has 14 heteroatoms. The Morgan fingerprint density at radius 2 is 1.64 bits per heavy atom. The van der Waals surface area contributed by atoms with Crippen molar-refractivity contribution in [3.63, 3.8) is 0 Å². The molecule has 4 aromatic rings. The molecule has 2 aliphatic heterocycles. The molecule has 0 unspecified atom stereocenters. The van der Waals surface area contributed by atoms with Crippen LogP contribution in [0.25, 0.3) is 21.5 Å². The van der Waals surface area contributed by atoms with Crippen LogP contribution in [-0.4, -0.2) is 52.7 Å². The van der Waals surface area contributed by atoms with Crippen molar-refractivity contribution in [3.05, 3.63) is 84.3 Å². The minimum Gasteiger partial charge on any atom is -0.346 e. The van der Waals surface area contributed by atoms with Crippen LogP contribution in [-0.2, 0) is 20.2 Å². The lowest BCUT2D eigenvalue weighted by Crippen LogP contribution is -2.45. The number of rotatable bonds is 10. The molecule has 2 bridgehead atoms. The topological polar surface area (TPSA) is 169 Å². The fraction of sp³-hybridized carbons (Fsp3) is 0.424. The van der Waals surface area contributed by atoms with Crippen LogP contribution >= 0.6 is 11.3 Å². The van der Waals surface area contributed by atoms with Crippen LogP contribution in [0.4, 0.5) is 11.4 Å². The first-order valence-corrected chi connectivity index (χ1v) is 17.9. The number of aromatic nitrogens is 1. The normalized spacial score (nSPS) is 18.6. The van der Waals surface area contributed by atoms with Crippen LogP contribution in [0.1, 0.15) is 73.9 Å². The van der Waals surface area contributed by atoms with Crippen LogP contribution < -0.4 is 4.72 Å². The van der Waals surface area contributed by atoms with Gasteiger partial charge in [0, 0.05) is 35.0 Å². The maximum absolute atomic E-state index is 14.0. The molecule has 1 amide bonds. The van der Waals surface area contributed by atoms with Gasteiger partial charge in [-0.1, -0.05) is 24.1 Å². The van der Waals surface area contributed by atoms with E-state index in [1.165, 1.54) is 11.3 Å². The van der Waals surface area contributed by atoms with Gasteiger partial charge in [-0.25, -0.2) is 13.1 Å². The molecule has 0 spiro atoms. The number of hydrogen-bond donors (Lipinski definition) is 2. The number of nitro groups is 2. The fourth-order valence-corrected chi connectivity index (χ4v) is 9.69. The van der Waals surface area contributed by atoms with Crippen LogP contribution in [0.2, 0.25) is 0 Å². The second-order valence-electron chi connectivity index (χ2n) is 13.4. The van der Waals surface area contributed by atoms with Gasteiger partial charge in [0.1, 0.15) is 4.83 Å². The third-order valence-electron chi connectivity index (χ3n) is 9.59. The molecule has 4 heterocycles. The first-order chi connectivity index (χ1) is 22.1. The van der Waals surface area contributed by atoms with E-state index in [9.17, 15) is 33.4 Å². The Morgan fingerprint density at radius 1 is 1.02 bits per heavy atom. The highest BCUT2D eigenvalue weighted by Gasteiger charge is 2.47. The van der Waals surface area contributed by atoms with Gasteiger partial charge in [-0.05, 0) is 94.7 Å². The highest BCUT2D eigenvalue weighted by Crippen LogP contribution is 2.46. The summed E-state index contributed by atoms with van der Waals surface area (Å²) in [7, 11) is -4.42. The number of H-pyrrole nitrogens is 1. The average Bonchev–Trinajstić information content (AvgIpc) is 3.79. The molecular formula is C33H37N5O7S2. The van der Waals surface area contributed by atoms with E-state index < -0.39 is 47.5 Å². The molecule has 2 aromatic carbocycles. The second-order valence-corrected chi connectivity index (χ2v) is 16.2. The number of aryl methyl sites for hydroxylation is 2. The van der Waals surface area contributed by atoms with Crippen molar-refractivity contribution in [2.24, 2.45) is 0 Å². The van der Waals surface area contributed by atoms with E-state index in [2.05, 4.69) is 32.8 Å². The Labute approximate surface area is 276 Å². The summed E-state index contributed by atoms with van der Waals surface area (Å²) in [5, 5.41) is 23.7. The van der Waals surface area contributed by atoms with Gasteiger partial charge in [-0.3, -0.25) is 25.0 Å². The van der Waals surface area contributed by atoms with Crippen LogP contribution in [0.15, 0.2) is 47.4 Å². The van der Waals surface area contributed by atoms with Crippen molar-refractivity contribution >= 4 is 48.9 Å². The molecule has 0 aliphatic carbocycles. The van der Waals surface area contributed by atoms with E-state index in [4.69, 9.17) is 0 Å². The molecule has 2 aliphatic rings. The van der Waals surface area contributed by atoms with Crippen LogP contribution in [0.3, 0.4) is 0 Å². The highest BCUT2D eigenvalue weighted by atomic mass is 32.2. The summed E-state index contributed by atoms with van der Waals surface area (Å²) in [6.45, 7) is 9.72. The minimum atomic E-state index is -4.42. The first-order valence-electron chi connectivity index (χ1n) is 15.6. The van der Waals surface area contributed by atoms with Gasteiger partial charge in [-0.15, -0.1) is 11.3 Å². The van der Waals surface area contributed by atoms with Crippen molar-refractivity contribution in [2.75, 3.05) is 6.54 Å². The van der Waals surface area contributed by atoms with Gasteiger partial charge in [0.25, 0.3) is 11.4 Å². The lowest BCUT2D eigenvalue weighted by Gasteiger charge is -2.31. The third-order valence-corrected chi connectivity index (χ3v) is 12.4. The summed E-state index contributed by atoms with van der Waals surface area (Å²) in [5.41, 5.74) is 2.55. The molecule has 2 aromatic heterocycles. The largest absolute Gasteiger partial charge is 0.346 e. The molecular weight excluding hydrogens is 643 g/mol. The van der Waals surface area contributed by atoms with Gasteiger partial charge >= 0.3 is 0 Å². The van der Waals surface area contributed by atoms with Crippen molar-refractivity contribution in [1.82, 2.24) is 14.6 Å². The molecule has 2 saturated heterocycles. The lowest BCUT2D eigenvalue weighted by molar-refractivity contribution is -0.396. The van der Waals surface area contributed by atoms with Gasteiger partial charge in [-0.2, -0.15) is 0 Å². The summed E-state index contributed by atoms with van der Waals surface area (Å²) in [6, 6.07) is 11.3. The van der Waals surface area contributed by atoms with E-state index in [-0.39, 0.29) is 12.5 Å². The molecule has 2 fully saturated rings. The highest BCUT2D eigenvalue weighted by molar-refractivity contribution is 7.89.